The van der Waals surface area contributed by atoms with E-state index in [2.05, 4.69) is 15.6 Å². The summed E-state index contributed by atoms with van der Waals surface area (Å²) in [5.41, 5.74) is 8.05. The highest BCUT2D eigenvalue weighted by Crippen LogP contribution is 2.27. The van der Waals surface area contributed by atoms with Gasteiger partial charge in [0.25, 0.3) is 0 Å². The number of nitrogens with zero attached hydrogens (tertiary/aromatic N) is 2. The minimum atomic E-state index is 0.901. The number of para-hydroxylation sites is 1. The van der Waals surface area contributed by atoms with Crippen LogP contribution in [0, 0.1) is 6.92 Å². The van der Waals surface area contributed by atoms with Crippen molar-refractivity contribution in [2.24, 2.45) is 0 Å². The van der Waals surface area contributed by atoms with E-state index in [9.17, 15) is 0 Å². The Bertz CT molecular complexity index is 451. The van der Waals surface area contributed by atoms with Crippen LogP contribution in [-0.2, 0) is 6.54 Å². The Hall–Kier alpha value is -1.42. The average molecular weight is 233 g/mol. The van der Waals surface area contributed by atoms with Crippen LogP contribution in [0.5, 0.6) is 0 Å². The third-order valence-corrected chi connectivity index (χ3v) is 3.50. The molecule has 2 rings (SSSR count). The molecule has 1 aromatic carbocycles. The maximum atomic E-state index is 6.00. The molecule has 0 spiro atoms. The number of thioether (sulfide) groups is 1. The molecule has 1 aromatic heterocycles. The first-order chi connectivity index (χ1) is 7.77. The molecule has 0 amide bonds. The summed E-state index contributed by atoms with van der Waals surface area (Å²) in [6.07, 6.45) is 5.60. The van der Waals surface area contributed by atoms with Crippen molar-refractivity contribution in [3.05, 3.63) is 42.5 Å². The highest BCUT2D eigenvalue weighted by molar-refractivity contribution is 7.99. The van der Waals surface area contributed by atoms with E-state index in [0.717, 1.165) is 23.5 Å². The molecule has 0 fully saturated rings. The molecule has 3 nitrogen and oxygen atoms in total. The fourth-order valence-corrected chi connectivity index (χ4v) is 2.47. The van der Waals surface area contributed by atoms with Crippen molar-refractivity contribution in [1.82, 2.24) is 9.55 Å². The molecule has 4 heteroatoms. The van der Waals surface area contributed by atoms with E-state index in [1.807, 2.05) is 31.6 Å². The molecule has 0 aliphatic carbocycles. The van der Waals surface area contributed by atoms with Gasteiger partial charge in [-0.25, -0.2) is 4.98 Å². The number of imidazole rings is 1. The molecule has 2 aromatic rings. The number of anilines is 1. The number of rotatable bonds is 4. The maximum absolute atomic E-state index is 6.00. The van der Waals surface area contributed by atoms with Crippen molar-refractivity contribution in [2.45, 2.75) is 18.4 Å². The Morgan fingerprint density at radius 3 is 3.06 bits per heavy atom. The summed E-state index contributed by atoms with van der Waals surface area (Å²) in [4.78, 5) is 5.18. The molecule has 2 N–H and O–H groups in total. The van der Waals surface area contributed by atoms with Crippen molar-refractivity contribution in [3.8, 4) is 0 Å². The molecule has 0 aliphatic heterocycles. The van der Waals surface area contributed by atoms with Crippen molar-refractivity contribution < 1.29 is 0 Å². The van der Waals surface area contributed by atoms with Crippen molar-refractivity contribution >= 4 is 17.4 Å². The lowest BCUT2D eigenvalue weighted by Crippen LogP contribution is -1.98. The summed E-state index contributed by atoms with van der Waals surface area (Å²) in [5.74, 6) is 1.00. The van der Waals surface area contributed by atoms with Gasteiger partial charge in [-0.1, -0.05) is 12.1 Å². The van der Waals surface area contributed by atoms with Gasteiger partial charge in [0.15, 0.2) is 0 Å². The Kier molecular flexibility index (Phi) is 3.51. The summed E-state index contributed by atoms with van der Waals surface area (Å²) in [7, 11) is 0. The summed E-state index contributed by atoms with van der Waals surface area (Å²) >= 11 is 1.79. The van der Waals surface area contributed by atoms with Crippen molar-refractivity contribution in [3.63, 3.8) is 0 Å². The molecule has 1 heterocycles. The minimum Gasteiger partial charge on any atom is -0.398 e. The van der Waals surface area contributed by atoms with Crippen molar-refractivity contribution in [1.29, 1.82) is 0 Å². The minimum absolute atomic E-state index is 0.901. The number of hydrogen-bond donors (Lipinski definition) is 1. The second-order valence-electron chi connectivity index (χ2n) is 3.64. The number of benzene rings is 1. The number of hydrogen-bond acceptors (Lipinski definition) is 3. The molecular weight excluding hydrogens is 218 g/mol. The van der Waals surface area contributed by atoms with Crippen LogP contribution in [-0.4, -0.2) is 15.3 Å². The second kappa shape index (κ2) is 5.07. The first kappa shape index (κ1) is 11.1. The monoisotopic (exact) mass is 233 g/mol. The van der Waals surface area contributed by atoms with Gasteiger partial charge < -0.3 is 10.3 Å². The van der Waals surface area contributed by atoms with Gasteiger partial charge >= 0.3 is 0 Å². The van der Waals surface area contributed by atoms with Gasteiger partial charge in [0.2, 0.25) is 0 Å². The normalized spacial score (nSPS) is 10.6. The highest BCUT2D eigenvalue weighted by atomic mass is 32.2. The first-order valence-corrected chi connectivity index (χ1v) is 6.19. The standard InChI is InChI=1S/C12H15N3S/c1-10-3-2-4-11(12(10)13)16-8-7-15-6-5-14-9-15/h2-6,9H,7-8,13H2,1H3. The molecule has 0 atom stereocenters. The third kappa shape index (κ3) is 2.58. The topological polar surface area (TPSA) is 43.8 Å². The van der Waals surface area contributed by atoms with E-state index in [1.165, 1.54) is 4.90 Å². The van der Waals surface area contributed by atoms with E-state index in [-0.39, 0.29) is 0 Å². The number of nitrogen functional groups attached to an aromatic ring is 1. The quantitative estimate of drug-likeness (QED) is 0.652. The lowest BCUT2D eigenvalue weighted by atomic mass is 10.2. The number of aromatic nitrogens is 2. The molecule has 0 aliphatic rings. The van der Waals surface area contributed by atoms with Gasteiger partial charge in [0.1, 0.15) is 0 Å². The molecule has 0 radical (unpaired) electrons. The fraction of sp³-hybridized carbons (Fsp3) is 0.250. The van der Waals surface area contributed by atoms with Gasteiger partial charge in [-0.15, -0.1) is 11.8 Å². The zero-order chi connectivity index (χ0) is 11.4. The van der Waals surface area contributed by atoms with E-state index in [4.69, 9.17) is 5.73 Å². The fourth-order valence-electron chi connectivity index (χ4n) is 1.46. The summed E-state index contributed by atoms with van der Waals surface area (Å²) in [6.45, 7) is 2.99. The van der Waals surface area contributed by atoms with Gasteiger partial charge in [-0.3, -0.25) is 0 Å². The average Bonchev–Trinajstić information content (AvgIpc) is 2.77. The maximum Gasteiger partial charge on any atom is 0.0946 e. The van der Waals surface area contributed by atoms with Crippen LogP contribution in [0.2, 0.25) is 0 Å². The summed E-state index contributed by atoms with van der Waals surface area (Å²) in [5, 5.41) is 0. The Labute approximate surface area is 99.7 Å². The lowest BCUT2D eigenvalue weighted by molar-refractivity contribution is 0.770. The van der Waals surface area contributed by atoms with E-state index < -0.39 is 0 Å². The summed E-state index contributed by atoms with van der Waals surface area (Å²) in [6, 6.07) is 6.15. The second-order valence-corrected chi connectivity index (χ2v) is 4.77. The van der Waals surface area contributed by atoms with Gasteiger partial charge in [-0.05, 0) is 18.6 Å². The number of aryl methyl sites for hydroxylation is 2. The third-order valence-electron chi connectivity index (χ3n) is 2.45. The zero-order valence-electron chi connectivity index (χ0n) is 9.26. The van der Waals surface area contributed by atoms with Crippen LogP contribution >= 0.6 is 11.8 Å². The van der Waals surface area contributed by atoms with Crippen LogP contribution < -0.4 is 5.73 Å². The highest BCUT2D eigenvalue weighted by Gasteiger charge is 2.01. The van der Waals surface area contributed by atoms with Gasteiger partial charge in [0, 0.05) is 35.3 Å². The molecule has 84 valence electrons. The predicted octanol–water partition coefficient (Wildman–Crippen LogP) is 2.57. The largest absolute Gasteiger partial charge is 0.398 e. The van der Waals surface area contributed by atoms with E-state index in [1.54, 1.807) is 18.0 Å². The Morgan fingerprint density at radius 1 is 1.44 bits per heavy atom. The molecular formula is C12H15N3S. The van der Waals surface area contributed by atoms with Crippen LogP contribution in [0.1, 0.15) is 5.56 Å². The SMILES string of the molecule is Cc1cccc(SCCn2ccnc2)c1N. The van der Waals surface area contributed by atoms with Crippen LogP contribution in [0.3, 0.4) is 0 Å². The van der Waals surface area contributed by atoms with Crippen molar-refractivity contribution in [2.75, 3.05) is 11.5 Å². The van der Waals surface area contributed by atoms with E-state index >= 15 is 0 Å². The smallest absolute Gasteiger partial charge is 0.0946 e. The predicted molar refractivity (Wildman–Crippen MR) is 68.5 cm³/mol. The molecule has 0 unspecified atom stereocenters. The zero-order valence-corrected chi connectivity index (χ0v) is 10.1. The number of nitrogens with two attached hydrogens (primary N) is 1. The first-order valence-electron chi connectivity index (χ1n) is 5.21. The lowest BCUT2D eigenvalue weighted by Gasteiger charge is -2.07. The Balaban J connectivity index is 1.92. The van der Waals surface area contributed by atoms with Gasteiger partial charge in [0.05, 0.1) is 6.33 Å². The summed E-state index contributed by atoms with van der Waals surface area (Å²) < 4.78 is 2.07. The van der Waals surface area contributed by atoms with Crippen LogP contribution in [0.4, 0.5) is 5.69 Å². The van der Waals surface area contributed by atoms with Crippen LogP contribution in [0.25, 0.3) is 0 Å². The Morgan fingerprint density at radius 2 is 2.31 bits per heavy atom. The molecule has 16 heavy (non-hydrogen) atoms. The van der Waals surface area contributed by atoms with Crippen LogP contribution in [0.15, 0.2) is 41.8 Å². The molecule has 0 bridgehead atoms. The van der Waals surface area contributed by atoms with E-state index in [0.29, 0.717) is 0 Å². The van der Waals surface area contributed by atoms with Gasteiger partial charge in [-0.2, -0.15) is 0 Å². The molecule has 0 saturated heterocycles. The molecule has 0 saturated carbocycles.